The number of aromatic nitrogens is 1. The number of methoxy groups -OCH3 is 1. The van der Waals surface area contributed by atoms with E-state index in [1.54, 1.807) is 18.7 Å². The Hall–Kier alpha value is -3.48. The maximum Gasteiger partial charge on any atom is 0.253 e. The molecule has 5 rings (SSSR count). The minimum atomic E-state index is 0.0144. The molecule has 1 saturated heterocycles. The zero-order chi connectivity index (χ0) is 24.7. The lowest BCUT2D eigenvalue weighted by atomic mass is 9.94. The number of carbonyl (C=O) groups excluding carboxylic acids is 1. The number of hydrogen-bond donors (Lipinski definition) is 1. The molecule has 3 aromatic rings. The maximum atomic E-state index is 12.6. The number of rotatable bonds is 4. The summed E-state index contributed by atoms with van der Waals surface area (Å²) in [7, 11) is 5.21. The van der Waals surface area contributed by atoms with E-state index in [-0.39, 0.29) is 17.4 Å². The first kappa shape index (κ1) is 23.3. The number of nitrogens with zero attached hydrogens (tertiary/aromatic N) is 3. The van der Waals surface area contributed by atoms with Crippen LogP contribution >= 0.6 is 0 Å². The van der Waals surface area contributed by atoms with Crippen LogP contribution in [0, 0.1) is 12.8 Å². The Kier molecular flexibility index (Phi) is 6.17. The van der Waals surface area contributed by atoms with Crippen LogP contribution in [0.25, 0.3) is 10.9 Å². The summed E-state index contributed by atoms with van der Waals surface area (Å²) < 4.78 is 7.34. The van der Waals surface area contributed by atoms with Crippen LogP contribution in [0.4, 0.5) is 17.1 Å². The van der Waals surface area contributed by atoms with Crippen LogP contribution in [0.3, 0.4) is 0 Å². The standard InChI is InChI=1S/C28H34N4O3/c1-18-14-23-25(30(3)28(18)34)16-22(35-4)17-26(23)32-11-5-6-20-15-21(7-8-24(20)32)31-12-9-19(10-13-31)27(33)29-2/h7-8,14-17,19H,5-6,9-13H2,1-4H3,(H,29,33). The molecule has 0 spiro atoms. The van der Waals surface area contributed by atoms with Crippen LogP contribution in [0.1, 0.15) is 30.4 Å². The van der Waals surface area contributed by atoms with Crippen LogP contribution in [0.15, 0.2) is 41.2 Å². The number of aryl methyl sites for hydroxylation is 3. The van der Waals surface area contributed by atoms with Crippen LogP contribution in [-0.4, -0.2) is 44.3 Å². The van der Waals surface area contributed by atoms with Crippen molar-refractivity contribution in [3.63, 3.8) is 0 Å². The molecule has 0 aliphatic carbocycles. The van der Waals surface area contributed by atoms with Gasteiger partial charge < -0.3 is 24.4 Å². The molecule has 0 unspecified atom stereocenters. The Labute approximate surface area is 206 Å². The number of ether oxygens (including phenoxy) is 1. The van der Waals surface area contributed by atoms with Gasteiger partial charge in [0.05, 0.1) is 18.3 Å². The SMILES string of the molecule is CNC(=O)C1CCN(c2ccc3c(c2)CCCN3c2cc(OC)cc3c2cc(C)c(=O)n3C)CC1. The van der Waals surface area contributed by atoms with Crippen LogP contribution < -0.4 is 25.4 Å². The molecule has 0 radical (unpaired) electrons. The number of piperidine rings is 1. The van der Waals surface area contributed by atoms with E-state index in [9.17, 15) is 9.59 Å². The van der Waals surface area contributed by atoms with E-state index in [0.717, 1.165) is 73.2 Å². The third-order valence-corrected chi connectivity index (χ3v) is 7.66. The Morgan fingerprint density at radius 2 is 1.83 bits per heavy atom. The van der Waals surface area contributed by atoms with Crippen molar-refractivity contribution in [1.82, 2.24) is 9.88 Å². The monoisotopic (exact) mass is 474 g/mol. The summed E-state index contributed by atoms with van der Waals surface area (Å²) in [6, 6.07) is 12.8. The van der Waals surface area contributed by atoms with Gasteiger partial charge in [0, 0.05) is 74.1 Å². The molecule has 1 N–H and O–H groups in total. The lowest BCUT2D eigenvalue weighted by Gasteiger charge is -2.36. The summed E-state index contributed by atoms with van der Waals surface area (Å²) in [5.74, 6) is 1.02. The lowest BCUT2D eigenvalue weighted by Crippen LogP contribution is -2.39. The van der Waals surface area contributed by atoms with Gasteiger partial charge in [0.15, 0.2) is 0 Å². The van der Waals surface area contributed by atoms with Gasteiger partial charge in [-0.3, -0.25) is 9.59 Å². The van der Waals surface area contributed by atoms with E-state index in [4.69, 9.17) is 4.74 Å². The smallest absolute Gasteiger partial charge is 0.253 e. The van der Waals surface area contributed by atoms with E-state index in [1.807, 2.05) is 26.1 Å². The molecule has 1 fully saturated rings. The number of carbonyl (C=O) groups is 1. The third kappa shape index (κ3) is 4.13. The van der Waals surface area contributed by atoms with E-state index < -0.39 is 0 Å². The average Bonchev–Trinajstić information content (AvgIpc) is 2.90. The first-order chi connectivity index (χ1) is 16.9. The summed E-state index contributed by atoms with van der Waals surface area (Å²) in [5, 5.41) is 3.84. The highest BCUT2D eigenvalue weighted by Crippen LogP contribution is 2.41. The van der Waals surface area contributed by atoms with Gasteiger partial charge in [-0.25, -0.2) is 0 Å². The summed E-state index contributed by atoms with van der Waals surface area (Å²) in [6.45, 7) is 4.58. The Morgan fingerprint density at radius 3 is 2.54 bits per heavy atom. The van der Waals surface area contributed by atoms with Gasteiger partial charge in [0.1, 0.15) is 5.75 Å². The fraction of sp³-hybridized carbons (Fsp3) is 0.429. The van der Waals surface area contributed by atoms with Crippen molar-refractivity contribution >= 4 is 33.9 Å². The number of anilines is 3. The van der Waals surface area contributed by atoms with Gasteiger partial charge >= 0.3 is 0 Å². The Balaban J connectivity index is 1.51. The van der Waals surface area contributed by atoms with E-state index >= 15 is 0 Å². The zero-order valence-electron chi connectivity index (χ0n) is 21.1. The molecule has 0 saturated carbocycles. The number of fused-ring (bicyclic) bond motifs is 2. The van der Waals surface area contributed by atoms with Crippen LogP contribution in [-0.2, 0) is 18.3 Å². The normalized spacial score (nSPS) is 16.3. The first-order valence-electron chi connectivity index (χ1n) is 12.5. The van der Waals surface area contributed by atoms with Crippen molar-refractivity contribution in [2.45, 2.75) is 32.6 Å². The van der Waals surface area contributed by atoms with E-state index in [2.05, 4.69) is 39.4 Å². The molecule has 2 aliphatic rings. The quantitative estimate of drug-likeness (QED) is 0.621. The van der Waals surface area contributed by atoms with Gasteiger partial charge in [-0.1, -0.05) is 0 Å². The molecule has 3 heterocycles. The topological polar surface area (TPSA) is 66.8 Å². The molecule has 7 heteroatoms. The highest BCUT2D eigenvalue weighted by Gasteiger charge is 2.26. The van der Waals surface area contributed by atoms with Gasteiger partial charge in [0.25, 0.3) is 5.56 Å². The molecule has 0 atom stereocenters. The maximum absolute atomic E-state index is 12.6. The summed E-state index contributed by atoms with van der Waals surface area (Å²) in [5.41, 5.74) is 6.46. The summed E-state index contributed by atoms with van der Waals surface area (Å²) in [6.07, 6.45) is 3.86. The van der Waals surface area contributed by atoms with Gasteiger partial charge in [-0.2, -0.15) is 0 Å². The van der Waals surface area contributed by atoms with Crippen molar-refractivity contribution in [1.29, 1.82) is 0 Å². The minimum absolute atomic E-state index is 0.0144. The fourth-order valence-electron chi connectivity index (χ4n) is 5.65. The number of pyridine rings is 1. The average molecular weight is 475 g/mol. The molecular formula is C28H34N4O3. The molecule has 1 amide bonds. The van der Waals surface area contributed by atoms with Crippen molar-refractivity contribution < 1.29 is 9.53 Å². The van der Waals surface area contributed by atoms with E-state index in [0.29, 0.717) is 0 Å². The first-order valence-corrected chi connectivity index (χ1v) is 12.5. The summed E-state index contributed by atoms with van der Waals surface area (Å²) in [4.78, 5) is 29.4. The number of amides is 1. The fourth-order valence-corrected chi connectivity index (χ4v) is 5.65. The number of hydrogen-bond acceptors (Lipinski definition) is 5. The molecule has 2 aromatic carbocycles. The minimum Gasteiger partial charge on any atom is -0.497 e. The van der Waals surface area contributed by atoms with Crippen molar-refractivity contribution in [2.75, 3.05) is 43.6 Å². The third-order valence-electron chi connectivity index (χ3n) is 7.66. The summed E-state index contributed by atoms with van der Waals surface area (Å²) >= 11 is 0. The predicted octanol–water partition coefficient (Wildman–Crippen LogP) is 3.90. The largest absolute Gasteiger partial charge is 0.497 e. The molecule has 7 nitrogen and oxygen atoms in total. The van der Waals surface area contributed by atoms with Gasteiger partial charge in [-0.15, -0.1) is 0 Å². The van der Waals surface area contributed by atoms with Crippen molar-refractivity contribution in [3.05, 3.63) is 57.9 Å². The molecule has 35 heavy (non-hydrogen) atoms. The highest BCUT2D eigenvalue weighted by atomic mass is 16.5. The predicted molar refractivity (Wildman–Crippen MR) is 141 cm³/mol. The molecule has 2 aliphatic heterocycles. The molecule has 184 valence electrons. The van der Waals surface area contributed by atoms with Crippen LogP contribution in [0.2, 0.25) is 0 Å². The second-order valence-electron chi connectivity index (χ2n) is 9.71. The second-order valence-corrected chi connectivity index (χ2v) is 9.71. The highest BCUT2D eigenvalue weighted by molar-refractivity contribution is 5.96. The van der Waals surface area contributed by atoms with Crippen molar-refractivity contribution in [3.8, 4) is 5.75 Å². The Bertz CT molecular complexity index is 1340. The Morgan fingerprint density at radius 1 is 1.06 bits per heavy atom. The molecule has 0 bridgehead atoms. The van der Waals surface area contributed by atoms with Gasteiger partial charge in [0.2, 0.25) is 5.91 Å². The van der Waals surface area contributed by atoms with Crippen molar-refractivity contribution in [2.24, 2.45) is 13.0 Å². The lowest BCUT2D eigenvalue weighted by molar-refractivity contribution is -0.125. The van der Waals surface area contributed by atoms with E-state index in [1.165, 1.54) is 16.9 Å². The van der Waals surface area contributed by atoms with Crippen LogP contribution in [0.5, 0.6) is 5.75 Å². The molecular weight excluding hydrogens is 440 g/mol. The number of nitrogens with one attached hydrogen (secondary N) is 1. The number of benzene rings is 2. The second kappa shape index (κ2) is 9.29. The van der Waals surface area contributed by atoms with Gasteiger partial charge in [-0.05, 0) is 62.4 Å². The zero-order valence-corrected chi connectivity index (χ0v) is 21.1. The molecule has 1 aromatic heterocycles.